The number of halogens is 1. The number of ether oxygens (including phenoxy) is 1. The van der Waals surface area contributed by atoms with E-state index in [1.165, 1.54) is 18.2 Å². The molecule has 0 heterocycles. The van der Waals surface area contributed by atoms with Crippen molar-refractivity contribution in [1.82, 2.24) is 0 Å². The van der Waals surface area contributed by atoms with Gasteiger partial charge in [0.2, 0.25) is 0 Å². The maximum Gasteiger partial charge on any atom is 0.130 e. The zero-order valence-electron chi connectivity index (χ0n) is 8.01. The van der Waals surface area contributed by atoms with Crippen molar-refractivity contribution in [2.45, 2.75) is 20.3 Å². The summed E-state index contributed by atoms with van der Waals surface area (Å²) in [6.07, 6.45) is 0.977. The van der Waals surface area contributed by atoms with Crippen molar-refractivity contribution >= 4 is 0 Å². The molecular formula is C11H14FO. The van der Waals surface area contributed by atoms with E-state index < -0.39 is 0 Å². The Labute approximate surface area is 78.5 Å². The highest BCUT2D eigenvalue weighted by molar-refractivity contribution is 5.20. The Morgan fingerprint density at radius 3 is 2.92 bits per heavy atom. The monoisotopic (exact) mass is 181 g/mol. The van der Waals surface area contributed by atoms with Crippen molar-refractivity contribution in [1.29, 1.82) is 0 Å². The van der Waals surface area contributed by atoms with Gasteiger partial charge in [0.25, 0.3) is 0 Å². The minimum absolute atomic E-state index is 0.279. The first kappa shape index (κ1) is 10.0. The first-order valence-corrected chi connectivity index (χ1v) is 4.48. The maximum atomic E-state index is 12.7. The zero-order valence-corrected chi connectivity index (χ0v) is 8.01. The van der Waals surface area contributed by atoms with E-state index in [-0.39, 0.29) is 5.82 Å². The summed E-state index contributed by atoms with van der Waals surface area (Å²) in [5, 5.41) is 0. The fourth-order valence-corrected chi connectivity index (χ4v) is 0.906. The third-order valence-corrected chi connectivity index (χ3v) is 1.69. The molecule has 0 aliphatic carbocycles. The van der Waals surface area contributed by atoms with E-state index in [1.54, 1.807) is 0 Å². The van der Waals surface area contributed by atoms with Crippen LogP contribution < -0.4 is 4.74 Å². The number of hydrogen-bond acceptors (Lipinski definition) is 1. The second-order valence-electron chi connectivity index (χ2n) is 3.40. The molecule has 0 amide bonds. The molecular weight excluding hydrogens is 167 g/mol. The summed E-state index contributed by atoms with van der Waals surface area (Å²) in [7, 11) is 0. The quantitative estimate of drug-likeness (QED) is 0.693. The molecule has 1 nitrogen and oxygen atoms in total. The average molecular weight is 181 g/mol. The van der Waals surface area contributed by atoms with Crippen molar-refractivity contribution in [3.8, 4) is 5.75 Å². The molecule has 0 bridgehead atoms. The standard InChI is InChI=1S/C11H14FO/c1-9(2)6-7-13-11-5-3-4-10(12)8-11/h3-4,8-9H,6-7H2,1-2H3. The Morgan fingerprint density at radius 2 is 2.31 bits per heavy atom. The van der Waals surface area contributed by atoms with E-state index >= 15 is 0 Å². The van der Waals surface area contributed by atoms with Gasteiger partial charge < -0.3 is 4.74 Å². The van der Waals surface area contributed by atoms with Gasteiger partial charge in [0, 0.05) is 12.1 Å². The summed E-state index contributed by atoms with van der Waals surface area (Å²) < 4.78 is 18.0. The van der Waals surface area contributed by atoms with Crippen LogP contribution >= 0.6 is 0 Å². The molecule has 1 radical (unpaired) electrons. The fraction of sp³-hybridized carbons (Fsp3) is 0.455. The summed E-state index contributed by atoms with van der Waals surface area (Å²) in [5.74, 6) is 0.813. The molecule has 1 aromatic rings. The second kappa shape index (κ2) is 4.85. The van der Waals surface area contributed by atoms with Gasteiger partial charge in [0.05, 0.1) is 6.61 Å². The zero-order chi connectivity index (χ0) is 9.68. The second-order valence-corrected chi connectivity index (χ2v) is 3.40. The van der Waals surface area contributed by atoms with Crippen LogP contribution in [0.5, 0.6) is 5.75 Å². The van der Waals surface area contributed by atoms with Gasteiger partial charge in [-0.15, -0.1) is 0 Å². The van der Waals surface area contributed by atoms with Gasteiger partial charge in [0.1, 0.15) is 11.6 Å². The molecule has 0 unspecified atom stereocenters. The largest absolute Gasteiger partial charge is 0.493 e. The van der Waals surface area contributed by atoms with E-state index in [2.05, 4.69) is 19.9 Å². The molecule has 0 saturated heterocycles. The minimum Gasteiger partial charge on any atom is -0.493 e. The van der Waals surface area contributed by atoms with Crippen LogP contribution in [-0.2, 0) is 0 Å². The number of rotatable bonds is 4. The maximum absolute atomic E-state index is 12.7. The Hall–Kier alpha value is -1.05. The predicted octanol–water partition coefficient (Wildman–Crippen LogP) is 3.05. The molecule has 0 aromatic heterocycles. The Balaban J connectivity index is 2.37. The van der Waals surface area contributed by atoms with Crippen LogP contribution in [0, 0.1) is 17.8 Å². The van der Waals surface area contributed by atoms with Crippen LogP contribution in [0.25, 0.3) is 0 Å². The molecule has 2 heteroatoms. The molecule has 0 aliphatic rings. The SMILES string of the molecule is CC(C)CCOc1[c]ccc(F)c1. The van der Waals surface area contributed by atoms with E-state index in [1.807, 2.05) is 0 Å². The molecule has 13 heavy (non-hydrogen) atoms. The lowest BCUT2D eigenvalue weighted by atomic mass is 10.1. The normalized spacial score (nSPS) is 10.5. The van der Waals surface area contributed by atoms with Crippen molar-refractivity contribution in [2.75, 3.05) is 6.61 Å². The summed E-state index contributed by atoms with van der Waals surface area (Å²) in [6.45, 7) is 4.87. The Kier molecular flexibility index (Phi) is 3.74. The third kappa shape index (κ3) is 3.92. The molecule has 0 fully saturated rings. The van der Waals surface area contributed by atoms with E-state index in [4.69, 9.17) is 4.74 Å². The topological polar surface area (TPSA) is 9.23 Å². The highest BCUT2D eigenvalue weighted by atomic mass is 19.1. The van der Waals surface area contributed by atoms with Crippen LogP contribution in [0.2, 0.25) is 0 Å². The molecule has 0 N–H and O–H groups in total. The van der Waals surface area contributed by atoms with Gasteiger partial charge in [-0.2, -0.15) is 0 Å². The Morgan fingerprint density at radius 1 is 1.54 bits per heavy atom. The molecule has 0 atom stereocenters. The fourth-order valence-electron chi connectivity index (χ4n) is 0.906. The number of benzene rings is 1. The van der Waals surface area contributed by atoms with Crippen LogP contribution in [-0.4, -0.2) is 6.61 Å². The summed E-state index contributed by atoms with van der Waals surface area (Å²) in [5.41, 5.74) is 0. The average Bonchev–Trinajstić information content (AvgIpc) is 2.03. The third-order valence-electron chi connectivity index (χ3n) is 1.69. The lowest BCUT2D eigenvalue weighted by Gasteiger charge is -2.07. The van der Waals surface area contributed by atoms with Gasteiger partial charge in [0.15, 0.2) is 0 Å². The first-order valence-electron chi connectivity index (χ1n) is 4.48. The van der Waals surface area contributed by atoms with Crippen LogP contribution in [0.3, 0.4) is 0 Å². The van der Waals surface area contributed by atoms with Crippen LogP contribution in [0.15, 0.2) is 18.2 Å². The summed E-state index contributed by atoms with van der Waals surface area (Å²) >= 11 is 0. The van der Waals surface area contributed by atoms with Crippen molar-refractivity contribution in [3.63, 3.8) is 0 Å². The van der Waals surface area contributed by atoms with Gasteiger partial charge in [-0.05, 0) is 24.5 Å². The van der Waals surface area contributed by atoms with Crippen LogP contribution in [0.1, 0.15) is 20.3 Å². The summed E-state index contributed by atoms with van der Waals surface area (Å²) in [6, 6.07) is 7.05. The van der Waals surface area contributed by atoms with Crippen LogP contribution in [0.4, 0.5) is 4.39 Å². The van der Waals surface area contributed by atoms with Gasteiger partial charge in [-0.1, -0.05) is 13.8 Å². The molecule has 0 saturated carbocycles. The van der Waals surface area contributed by atoms with E-state index in [0.717, 1.165) is 6.42 Å². The van der Waals surface area contributed by atoms with Gasteiger partial charge in [-0.25, -0.2) is 4.39 Å². The highest BCUT2D eigenvalue weighted by Gasteiger charge is 1.97. The Bertz CT molecular complexity index is 258. The van der Waals surface area contributed by atoms with E-state index in [9.17, 15) is 4.39 Å². The van der Waals surface area contributed by atoms with Crippen molar-refractivity contribution < 1.29 is 9.13 Å². The van der Waals surface area contributed by atoms with Gasteiger partial charge >= 0.3 is 0 Å². The molecule has 1 aromatic carbocycles. The predicted molar refractivity (Wildman–Crippen MR) is 50.2 cm³/mol. The smallest absolute Gasteiger partial charge is 0.130 e. The van der Waals surface area contributed by atoms with Gasteiger partial charge in [-0.3, -0.25) is 0 Å². The van der Waals surface area contributed by atoms with E-state index in [0.29, 0.717) is 18.3 Å². The molecule has 0 aliphatic heterocycles. The lowest BCUT2D eigenvalue weighted by Crippen LogP contribution is -2.01. The lowest BCUT2D eigenvalue weighted by molar-refractivity contribution is 0.287. The first-order chi connectivity index (χ1) is 6.18. The summed E-state index contributed by atoms with van der Waals surface area (Å²) in [4.78, 5) is 0. The molecule has 71 valence electrons. The molecule has 1 rings (SSSR count). The minimum atomic E-state index is -0.279. The van der Waals surface area contributed by atoms with Crippen molar-refractivity contribution in [3.05, 3.63) is 30.1 Å². The highest BCUT2D eigenvalue weighted by Crippen LogP contribution is 2.12. The molecule has 0 spiro atoms. The number of hydrogen-bond donors (Lipinski definition) is 0. The van der Waals surface area contributed by atoms with Crippen molar-refractivity contribution in [2.24, 2.45) is 5.92 Å².